The first-order valence-corrected chi connectivity index (χ1v) is 12.5. The quantitative estimate of drug-likeness (QED) is 0.341. The normalized spacial score (nSPS) is 15.3. The maximum absolute atomic E-state index is 14.8. The summed E-state index contributed by atoms with van der Waals surface area (Å²) in [5.41, 5.74) is 6.09. The molecule has 1 aliphatic carbocycles. The number of hydrogen-bond donors (Lipinski definition) is 1. The maximum atomic E-state index is 14.8. The molecule has 0 unspecified atom stereocenters. The van der Waals surface area contributed by atoms with Gasteiger partial charge in [0.1, 0.15) is 22.9 Å². The second-order valence-corrected chi connectivity index (χ2v) is 10.4. The van der Waals surface area contributed by atoms with E-state index >= 15 is 0 Å². The Balaban J connectivity index is 1.72. The monoisotopic (exact) mass is 568 g/mol. The van der Waals surface area contributed by atoms with Gasteiger partial charge in [0, 0.05) is 32.9 Å². The molecular formula is C28H26FIN2O2. The predicted octanol–water partition coefficient (Wildman–Crippen LogP) is 6.88. The summed E-state index contributed by atoms with van der Waals surface area (Å²) in [5, 5.41) is 3.21. The summed E-state index contributed by atoms with van der Waals surface area (Å²) in [5.74, 6) is 0.597. The molecule has 0 amide bonds. The maximum Gasteiger partial charge on any atom is 0.264 e. The fourth-order valence-corrected chi connectivity index (χ4v) is 5.03. The van der Waals surface area contributed by atoms with Crippen molar-refractivity contribution < 1.29 is 9.13 Å². The molecule has 2 aromatic carbocycles. The van der Waals surface area contributed by atoms with E-state index in [2.05, 4.69) is 59.6 Å². The van der Waals surface area contributed by atoms with E-state index in [1.54, 1.807) is 6.07 Å². The molecular weight excluding hydrogens is 542 g/mol. The molecule has 1 fully saturated rings. The van der Waals surface area contributed by atoms with E-state index in [1.807, 2.05) is 30.5 Å². The summed E-state index contributed by atoms with van der Waals surface area (Å²) in [4.78, 5) is 13.9. The summed E-state index contributed by atoms with van der Waals surface area (Å²) in [6, 6.07) is 13.5. The minimum Gasteiger partial charge on any atom is -0.456 e. The Bertz CT molecular complexity index is 1430. The van der Waals surface area contributed by atoms with E-state index in [0.29, 0.717) is 40.5 Å². The zero-order chi connectivity index (χ0) is 24.1. The molecule has 1 aromatic heterocycles. The van der Waals surface area contributed by atoms with Gasteiger partial charge in [-0.15, -0.1) is 0 Å². The average Bonchev–Trinajstić information content (AvgIpc) is 3.61. The lowest BCUT2D eigenvalue weighted by Crippen LogP contribution is -2.31. The van der Waals surface area contributed by atoms with Crippen LogP contribution in [0.2, 0.25) is 0 Å². The first-order valence-electron chi connectivity index (χ1n) is 11.4. The van der Waals surface area contributed by atoms with Crippen LogP contribution in [0.15, 0.2) is 65.2 Å². The minimum atomic E-state index is -0.375. The smallest absolute Gasteiger partial charge is 0.264 e. The SMILES string of the molecule is C=C1Oc2c(Cc3cccc(C)c3)c(C)n(C3CC3)c(=O)c2C(Nc2ccc(I)cc2F)=C1C. The third kappa shape index (κ3) is 4.08. The second-order valence-electron chi connectivity index (χ2n) is 9.11. The molecule has 5 rings (SSSR count). The number of halogens is 2. The number of rotatable bonds is 5. The lowest BCUT2D eigenvalue weighted by molar-refractivity contribution is 0.422. The largest absolute Gasteiger partial charge is 0.456 e. The fraction of sp³-hybridized carbons (Fsp3) is 0.250. The molecule has 0 saturated heterocycles. The molecule has 3 aromatic rings. The van der Waals surface area contributed by atoms with Crippen LogP contribution in [0.1, 0.15) is 53.8 Å². The van der Waals surface area contributed by atoms with Gasteiger partial charge in [0.05, 0.1) is 11.4 Å². The van der Waals surface area contributed by atoms with Gasteiger partial charge in [0.15, 0.2) is 0 Å². The molecule has 6 heteroatoms. The van der Waals surface area contributed by atoms with E-state index in [-0.39, 0.29) is 17.4 Å². The number of nitrogens with one attached hydrogen (secondary N) is 1. The number of anilines is 1. The van der Waals surface area contributed by atoms with Crippen molar-refractivity contribution in [2.24, 2.45) is 0 Å². The number of aryl methyl sites for hydroxylation is 1. The minimum absolute atomic E-state index is 0.108. The zero-order valence-electron chi connectivity index (χ0n) is 19.5. The zero-order valence-corrected chi connectivity index (χ0v) is 21.6. The van der Waals surface area contributed by atoms with Crippen molar-refractivity contribution in [1.29, 1.82) is 0 Å². The number of nitrogens with zero attached hydrogens (tertiary/aromatic N) is 1. The van der Waals surface area contributed by atoms with Crippen LogP contribution in [0.3, 0.4) is 0 Å². The molecule has 2 heterocycles. The van der Waals surface area contributed by atoms with Gasteiger partial charge in [-0.1, -0.05) is 36.4 Å². The summed E-state index contributed by atoms with van der Waals surface area (Å²) >= 11 is 2.08. The lowest BCUT2D eigenvalue weighted by atomic mass is 9.95. The highest BCUT2D eigenvalue weighted by atomic mass is 127. The molecule has 174 valence electrons. The third-order valence-electron chi connectivity index (χ3n) is 6.57. The highest BCUT2D eigenvalue weighted by molar-refractivity contribution is 14.1. The number of hydrogen-bond acceptors (Lipinski definition) is 3. The molecule has 1 saturated carbocycles. The van der Waals surface area contributed by atoms with E-state index in [4.69, 9.17) is 4.74 Å². The van der Waals surface area contributed by atoms with Crippen LogP contribution in [0, 0.1) is 23.2 Å². The number of fused-ring (bicyclic) bond motifs is 1. The van der Waals surface area contributed by atoms with Crippen LogP contribution in [0.5, 0.6) is 5.75 Å². The van der Waals surface area contributed by atoms with E-state index < -0.39 is 0 Å². The summed E-state index contributed by atoms with van der Waals surface area (Å²) in [6.45, 7) is 10.00. The number of benzene rings is 2. The molecule has 0 atom stereocenters. The summed E-state index contributed by atoms with van der Waals surface area (Å²) in [7, 11) is 0. The Kier molecular flexibility index (Phi) is 5.88. The summed E-state index contributed by atoms with van der Waals surface area (Å²) in [6.07, 6.45) is 2.59. The van der Waals surface area contributed by atoms with Gasteiger partial charge in [0.2, 0.25) is 0 Å². The summed E-state index contributed by atoms with van der Waals surface area (Å²) < 4.78 is 23.7. The molecule has 0 bridgehead atoms. The Morgan fingerprint density at radius 2 is 1.94 bits per heavy atom. The van der Waals surface area contributed by atoms with Gasteiger partial charge in [-0.3, -0.25) is 4.79 Å². The van der Waals surface area contributed by atoms with Crippen LogP contribution in [0.25, 0.3) is 5.70 Å². The van der Waals surface area contributed by atoms with Crippen LogP contribution in [0.4, 0.5) is 10.1 Å². The Hall–Kier alpha value is -2.87. The van der Waals surface area contributed by atoms with Crippen molar-refractivity contribution in [1.82, 2.24) is 4.57 Å². The first-order chi connectivity index (χ1) is 16.2. The number of aromatic nitrogens is 1. The number of pyridine rings is 1. The Morgan fingerprint density at radius 3 is 2.62 bits per heavy atom. The van der Waals surface area contributed by atoms with Gasteiger partial charge in [-0.25, -0.2) is 4.39 Å². The van der Waals surface area contributed by atoms with Gasteiger partial charge >= 0.3 is 0 Å². The van der Waals surface area contributed by atoms with Crippen molar-refractivity contribution in [2.45, 2.75) is 46.1 Å². The van der Waals surface area contributed by atoms with Crippen molar-refractivity contribution >= 4 is 34.0 Å². The molecule has 34 heavy (non-hydrogen) atoms. The molecule has 1 aliphatic heterocycles. The van der Waals surface area contributed by atoms with E-state index in [1.165, 1.54) is 11.6 Å². The van der Waals surface area contributed by atoms with Gasteiger partial charge in [0.25, 0.3) is 5.56 Å². The fourth-order valence-electron chi connectivity index (χ4n) is 4.58. The van der Waals surface area contributed by atoms with Crippen molar-refractivity contribution in [2.75, 3.05) is 5.32 Å². The van der Waals surface area contributed by atoms with Crippen LogP contribution < -0.4 is 15.6 Å². The predicted molar refractivity (Wildman–Crippen MR) is 143 cm³/mol. The van der Waals surface area contributed by atoms with Crippen LogP contribution in [-0.4, -0.2) is 4.57 Å². The highest BCUT2D eigenvalue weighted by Crippen LogP contribution is 2.43. The van der Waals surface area contributed by atoms with Crippen molar-refractivity contribution in [3.05, 3.63) is 108 Å². The van der Waals surface area contributed by atoms with Crippen molar-refractivity contribution in [3.63, 3.8) is 0 Å². The van der Waals surface area contributed by atoms with Crippen molar-refractivity contribution in [3.8, 4) is 5.75 Å². The topological polar surface area (TPSA) is 43.3 Å². The standard InChI is InChI=1S/C28H26FIN2O2/c1-15-6-5-7-19(12-15)13-22-17(3)32(21-9-10-21)28(33)25-26(16(2)18(4)34-27(22)25)31-24-11-8-20(30)14-23(24)29/h5-8,11-12,14,21,31H,4,9-10,13H2,1-3H3. The molecule has 0 spiro atoms. The van der Waals surface area contributed by atoms with E-state index in [9.17, 15) is 9.18 Å². The highest BCUT2D eigenvalue weighted by Gasteiger charge is 2.35. The van der Waals surface area contributed by atoms with Gasteiger partial charge < -0.3 is 14.6 Å². The van der Waals surface area contributed by atoms with Gasteiger partial charge in [-0.2, -0.15) is 0 Å². The number of ether oxygens (including phenoxy) is 1. The molecule has 2 aliphatic rings. The molecule has 0 radical (unpaired) electrons. The number of allylic oxidation sites excluding steroid dienone is 1. The lowest BCUT2D eigenvalue weighted by Gasteiger charge is -2.29. The Morgan fingerprint density at radius 1 is 1.18 bits per heavy atom. The van der Waals surface area contributed by atoms with Gasteiger partial charge in [-0.05, 0) is 80.0 Å². The van der Waals surface area contributed by atoms with E-state index in [0.717, 1.165) is 33.2 Å². The Labute approximate surface area is 212 Å². The second kappa shape index (κ2) is 8.73. The van der Waals surface area contributed by atoms with Crippen LogP contribution >= 0.6 is 22.6 Å². The van der Waals surface area contributed by atoms with Crippen LogP contribution in [-0.2, 0) is 6.42 Å². The molecule has 1 N–H and O–H groups in total. The molecule has 4 nitrogen and oxygen atoms in total. The third-order valence-corrected chi connectivity index (χ3v) is 7.24. The first kappa shape index (κ1) is 22.9. The average molecular weight is 568 g/mol.